The van der Waals surface area contributed by atoms with Gasteiger partial charge in [-0.15, -0.1) is 0 Å². The zero-order chi connectivity index (χ0) is 9.97. The number of hydrogen-bond donors (Lipinski definition) is 2. The molecular weight excluding hydrogens is 196 g/mol. The van der Waals surface area contributed by atoms with E-state index in [1.165, 1.54) is 5.56 Å². The van der Waals surface area contributed by atoms with Gasteiger partial charge in [-0.3, -0.25) is 0 Å². The van der Waals surface area contributed by atoms with Crippen molar-refractivity contribution < 1.29 is 0 Å². The first-order valence-electron chi connectivity index (χ1n) is 4.98. The number of benzene rings is 1. The van der Waals surface area contributed by atoms with Gasteiger partial charge in [0.2, 0.25) is 0 Å². The number of hydrogen-bond acceptors (Lipinski definition) is 2. The maximum absolute atomic E-state index is 6.11. The molecule has 1 fully saturated rings. The molecular formula is C11H15ClN2. The Morgan fingerprint density at radius 2 is 2.14 bits per heavy atom. The summed E-state index contributed by atoms with van der Waals surface area (Å²) in [6, 6.07) is 8.93. The molecule has 0 saturated carbocycles. The Morgan fingerprint density at radius 3 is 2.71 bits per heavy atom. The summed E-state index contributed by atoms with van der Waals surface area (Å²) in [6.07, 6.45) is 0. The summed E-state index contributed by atoms with van der Waals surface area (Å²) >= 11 is 6.11. The third-order valence-corrected chi connectivity index (χ3v) is 2.98. The summed E-state index contributed by atoms with van der Waals surface area (Å²) < 4.78 is 0. The van der Waals surface area contributed by atoms with E-state index < -0.39 is 0 Å². The molecule has 1 aromatic carbocycles. The van der Waals surface area contributed by atoms with E-state index in [1.54, 1.807) is 0 Å². The molecule has 0 aromatic heterocycles. The van der Waals surface area contributed by atoms with Crippen LogP contribution < -0.4 is 10.6 Å². The maximum Gasteiger partial charge on any atom is 0.0453 e. The molecule has 1 atom stereocenters. The van der Waals surface area contributed by atoms with Gasteiger partial charge in [0.05, 0.1) is 0 Å². The Kier molecular flexibility index (Phi) is 3.06. The Hall–Kier alpha value is -0.570. The van der Waals surface area contributed by atoms with E-state index in [0.29, 0.717) is 12.1 Å². The lowest BCUT2D eigenvalue weighted by molar-refractivity contribution is 0.338. The van der Waals surface area contributed by atoms with Gasteiger partial charge >= 0.3 is 0 Å². The zero-order valence-electron chi connectivity index (χ0n) is 8.26. The topological polar surface area (TPSA) is 24.1 Å². The van der Waals surface area contributed by atoms with E-state index >= 15 is 0 Å². The highest BCUT2D eigenvalue weighted by Gasteiger charge is 2.19. The van der Waals surface area contributed by atoms with Crippen LogP contribution in [0.3, 0.4) is 0 Å². The van der Waals surface area contributed by atoms with Crippen molar-refractivity contribution in [3.63, 3.8) is 0 Å². The Labute approximate surface area is 89.7 Å². The Balaban J connectivity index is 2.02. The van der Waals surface area contributed by atoms with Crippen LogP contribution in [0.25, 0.3) is 0 Å². The molecule has 3 heteroatoms. The van der Waals surface area contributed by atoms with Crippen molar-refractivity contribution in [3.8, 4) is 0 Å². The van der Waals surface area contributed by atoms with E-state index in [9.17, 15) is 0 Å². The van der Waals surface area contributed by atoms with Crippen molar-refractivity contribution in [3.05, 3.63) is 34.9 Å². The largest absolute Gasteiger partial charge is 0.314 e. The molecule has 1 aromatic rings. The van der Waals surface area contributed by atoms with E-state index in [0.717, 1.165) is 18.1 Å². The first-order chi connectivity index (χ1) is 6.77. The summed E-state index contributed by atoms with van der Waals surface area (Å²) in [7, 11) is 0. The van der Waals surface area contributed by atoms with Crippen molar-refractivity contribution in [2.24, 2.45) is 0 Å². The molecule has 0 radical (unpaired) electrons. The number of halogens is 1. The number of nitrogens with one attached hydrogen (secondary N) is 2. The van der Waals surface area contributed by atoms with Crippen LogP contribution in [-0.2, 0) is 0 Å². The van der Waals surface area contributed by atoms with Crippen molar-refractivity contribution in [1.29, 1.82) is 0 Å². The normalized spacial score (nSPS) is 19.0. The van der Waals surface area contributed by atoms with E-state index in [1.807, 2.05) is 18.2 Å². The van der Waals surface area contributed by atoms with E-state index in [-0.39, 0.29) is 0 Å². The average molecular weight is 211 g/mol. The first-order valence-corrected chi connectivity index (χ1v) is 5.36. The van der Waals surface area contributed by atoms with E-state index in [2.05, 4.69) is 23.6 Å². The van der Waals surface area contributed by atoms with Gasteiger partial charge in [-0.05, 0) is 18.6 Å². The molecule has 76 valence electrons. The third kappa shape index (κ3) is 2.08. The standard InChI is InChI=1S/C11H15ClN2/c1-8(14-9-6-13-7-9)10-4-2-3-5-11(10)12/h2-5,8-9,13-14H,6-7H2,1H3/t8-/m1/s1. The molecule has 14 heavy (non-hydrogen) atoms. The second kappa shape index (κ2) is 4.30. The van der Waals surface area contributed by atoms with Crippen LogP contribution in [-0.4, -0.2) is 19.1 Å². The first kappa shape index (κ1) is 9.97. The van der Waals surface area contributed by atoms with Crippen LogP contribution in [0.5, 0.6) is 0 Å². The van der Waals surface area contributed by atoms with Crippen LogP contribution in [0.4, 0.5) is 0 Å². The minimum Gasteiger partial charge on any atom is -0.314 e. The second-order valence-corrected chi connectivity index (χ2v) is 4.17. The fraction of sp³-hybridized carbons (Fsp3) is 0.455. The van der Waals surface area contributed by atoms with Crippen LogP contribution in [0.2, 0.25) is 5.02 Å². The molecule has 2 rings (SSSR count). The van der Waals surface area contributed by atoms with Gasteiger partial charge in [0.15, 0.2) is 0 Å². The quantitative estimate of drug-likeness (QED) is 0.797. The predicted molar refractivity (Wildman–Crippen MR) is 59.7 cm³/mol. The fourth-order valence-electron chi connectivity index (χ4n) is 1.68. The lowest BCUT2D eigenvalue weighted by atomic mass is 10.1. The highest BCUT2D eigenvalue weighted by atomic mass is 35.5. The van der Waals surface area contributed by atoms with Gasteiger partial charge in [0.25, 0.3) is 0 Å². The minimum atomic E-state index is 0.329. The molecule has 0 amide bonds. The van der Waals surface area contributed by atoms with Crippen molar-refractivity contribution in [2.45, 2.75) is 19.0 Å². The summed E-state index contributed by atoms with van der Waals surface area (Å²) in [6.45, 7) is 4.28. The van der Waals surface area contributed by atoms with Gasteiger partial charge in [-0.25, -0.2) is 0 Å². The molecule has 1 aliphatic heterocycles. The number of rotatable bonds is 3. The van der Waals surface area contributed by atoms with Crippen molar-refractivity contribution in [1.82, 2.24) is 10.6 Å². The molecule has 1 aliphatic rings. The minimum absolute atomic E-state index is 0.329. The van der Waals surface area contributed by atoms with Crippen LogP contribution in [0, 0.1) is 0 Å². The molecule has 0 unspecified atom stereocenters. The Morgan fingerprint density at radius 1 is 1.43 bits per heavy atom. The van der Waals surface area contributed by atoms with Gasteiger partial charge in [-0.2, -0.15) is 0 Å². The molecule has 2 N–H and O–H groups in total. The summed E-state index contributed by atoms with van der Waals surface area (Å²) in [4.78, 5) is 0. The van der Waals surface area contributed by atoms with E-state index in [4.69, 9.17) is 11.6 Å². The smallest absolute Gasteiger partial charge is 0.0453 e. The van der Waals surface area contributed by atoms with Crippen LogP contribution >= 0.6 is 11.6 Å². The zero-order valence-corrected chi connectivity index (χ0v) is 9.01. The molecule has 1 saturated heterocycles. The predicted octanol–water partition coefficient (Wildman–Crippen LogP) is 1.96. The van der Waals surface area contributed by atoms with Crippen molar-refractivity contribution in [2.75, 3.05) is 13.1 Å². The van der Waals surface area contributed by atoms with Gasteiger partial charge in [0, 0.05) is 30.2 Å². The third-order valence-electron chi connectivity index (χ3n) is 2.64. The Bertz CT molecular complexity index is 310. The lowest BCUT2D eigenvalue weighted by Crippen LogP contribution is -2.55. The maximum atomic E-state index is 6.11. The second-order valence-electron chi connectivity index (χ2n) is 3.77. The molecule has 0 spiro atoms. The molecule has 0 bridgehead atoms. The highest BCUT2D eigenvalue weighted by molar-refractivity contribution is 6.31. The summed E-state index contributed by atoms with van der Waals surface area (Å²) in [5.41, 5.74) is 1.18. The molecule has 0 aliphatic carbocycles. The van der Waals surface area contributed by atoms with Crippen LogP contribution in [0.1, 0.15) is 18.5 Å². The summed E-state index contributed by atoms with van der Waals surface area (Å²) in [5, 5.41) is 7.61. The lowest BCUT2D eigenvalue weighted by Gasteiger charge is -2.31. The van der Waals surface area contributed by atoms with Gasteiger partial charge in [-0.1, -0.05) is 29.8 Å². The fourth-order valence-corrected chi connectivity index (χ4v) is 1.98. The van der Waals surface area contributed by atoms with Crippen LogP contribution in [0.15, 0.2) is 24.3 Å². The SMILES string of the molecule is C[C@@H](NC1CNC1)c1ccccc1Cl. The van der Waals surface area contributed by atoms with Gasteiger partial charge < -0.3 is 10.6 Å². The van der Waals surface area contributed by atoms with Gasteiger partial charge in [0.1, 0.15) is 0 Å². The van der Waals surface area contributed by atoms with Crippen molar-refractivity contribution >= 4 is 11.6 Å². The summed E-state index contributed by atoms with van der Waals surface area (Å²) in [5.74, 6) is 0. The highest BCUT2D eigenvalue weighted by Crippen LogP contribution is 2.22. The monoisotopic (exact) mass is 210 g/mol. The average Bonchev–Trinajstić information content (AvgIpc) is 2.12. The molecule has 1 heterocycles. The molecule has 2 nitrogen and oxygen atoms in total.